The molecule has 1 unspecified atom stereocenters. The summed E-state index contributed by atoms with van der Waals surface area (Å²) < 4.78 is 0. The molecule has 0 aromatic heterocycles. The molecule has 0 bridgehead atoms. The third-order valence-electron chi connectivity index (χ3n) is 3.34. The zero-order valence-electron chi connectivity index (χ0n) is 12.0. The average molecular weight is 240 g/mol. The van der Waals surface area contributed by atoms with Crippen LogP contribution in [0, 0.1) is 17.8 Å². The van der Waals surface area contributed by atoms with Gasteiger partial charge in [-0.3, -0.25) is 4.79 Å². The molecule has 1 saturated carbocycles. The SMILES string of the molecule is CC(C)CN(CC(C)C)C(=O)C(C)(N)C1CC1. The maximum atomic E-state index is 12.5. The van der Waals surface area contributed by atoms with Gasteiger partial charge in [0, 0.05) is 13.1 Å². The van der Waals surface area contributed by atoms with Crippen LogP contribution in [0.25, 0.3) is 0 Å². The lowest BCUT2D eigenvalue weighted by atomic mass is 9.94. The molecule has 1 atom stereocenters. The Labute approximate surface area is 106 Å². The van der Waals surface area contributed by atoms with Crippen molar-refractivity contribution in [3.63, 3.8) is 0 Å². The maximum absolute atomic E-state index is 12.5. The average Bonchev–Trinajstić information content (AvgIpc) is 2.96. The van der Waals surface area contributed by atoms with E-state index in [-0.39, 0.29) is 5.91 Å². The molecule has 1 aliphatic rings. The van der Waals surface area contributed by atoms with E-state index in [1.54, 1.807) is 0 Å². The number of carbonyl (C=O) groups excluding carboxylic acids is 1. The Morgan fingerprint density at radius 3 is 1.94 bits per heavy atom. The molecule has 0 aromatic carbocycles. The van der Waals surface area contributed by atoms with E-state index >= 15 is 0 Å². The second-order valence-electron chi connectivity index (χ2n) is 6.55. The Bertz CT molecular complexity index is 257. The summed E-state index contributed by atoms with van der Waals surface area (Å²) in [5, 5.41) is 0. The van der Waals surface area contributed by atoms with E-state index in [1.165, 1.54) is 0 Å². The van der Waals surface area contributed by atoms with E-state index in [2.05, 4.69) is 27.7 Å². The summed E-state index contributed by atoms with van der Waals surface area (Å²) in [6, 6.07) is 0. The van der Waals surface area contributed by atoms with Crippen molar-refractivity contribution >= 4 is 5.91 Å². The monoisotopic (exact) mass is 240 g/mol. The highest BCUT2D eigenvalue weighted by Crippen LogP contribution is 2.39. The molecule has 0 aliphatic heterocycles. The van der Waals surface area contributed by atoms with Crippen LogP contribution in [0.4, 0.5) is 0 Å². The summed E-state index contributed by atoms with van der Waals surface area (Å²) in [7, 11) is 0. The number of carbonyl (C=O) groups is 1. The number of nitrogens with two attached hydrogens (primary N) is 1. The molecule has 1 rings (SSSR count). The number of amides is 1. The van der Waals surface area contributed by atoms with Crippen molar-refractivity contribution in [2.75, 3.05) is 13.1 Å². The van der Waals surface area contributed by atoms with E-state index in [9.17, 15) is 4.79 Å². The maximum Gasteiger partial charge on any atom is 0.242 e. The van der Waals surface area contributed by atoms with Gasteiger partial charge in [-0.25, -0.2) is 0 Å². The molecule has 100 valence electrons. The highest BCUT2D eigenvalue weighted by atomic mass is 16.2. The van der Waals surface area contributed by atoms with Crippen LogP contribution in [-0.4, -0.2) is 29.4 Å². The van der Waals surface area contributed by atoms with Gasteiger partial charge in [-0.15, -0.1) is 0 Å². The van der Waals surface area contributed by atoms with Gasteiger partial charge in [0.1, 0.15) is 0 Å². The normalized spacial score (nSPS) is 19.5. The molecule has 17 heavy (non-hydrogen) atoms. The first-order valence-electron chi connectivity index (χ1n) is 6.83. The van der Waals surface area contributed by atoms with Crippen molar-refractivity contribution in [3.05, 3.63) is 0 Å². The Morgan fingerprint density at radius 1 is 1.24 bits per heavy atom. The van der Waals surface area contributed by atoms with Crippen LogP contribution in [0.15, 0.2) is 0 Å². The molecule has 0 aromatic rings. The van der Waals surface area contributed by atoms with Crippen LogP contribution in [0.1, 0.15) is 47.5 Å². The predicted molar refractivity (Wildman–Crippen MR) is 71.6 cm³/mol. The Kier molecular flexibility index (Phi) is 4.59. The van der Waals surface area contributed by atoms with Crippen molar-refractivity contribution in [2.45, 2.75) is 53.0 Å². The van der Waals surface area contributed by atoms with Gasteiger partial charge >= 0.3 is 0 Å². The van der Waals surface area contributed by atoms with Crippen LogP contribution in [0.2, 0.25) is 0 Å². The Hall–Kier alpha value is -0.570. The topological polar surface area (TPSA) is 46.3 Å². The molecule has 0 saturated heterocycles. The van der Waals surface area contributed by atoms with Crippen molar-refractivity contribution in [1.29, 1.82) is 0 Å². The fraction of sp³-hybridized carbons (Fsp3) is 0.929. The minimum Gasteiger partial charge on any atom is -0.341 e. The molecule has 1 amide bonds. The quantitative estimate of drug-likeness (QED) is 0.774. The zero-order chi connectivity index (χ0) is 13.2. The van der Waals surface area contributed by atoms with Gasteiger partial charge in [0.15, 0.2) is 0 Å². The van der Waals surface area contributed by atoms with Crippen molar-refractivity contribution in [1.82, 2.24) is 4.90 Å². The van der Waals surface area contributed by atoms with E-state index in [0.717, 1.165) is 25.9 Å². The van der Waals surface area contributed by atoms with E-state index in [0.29, 0.717) is 17.8 Å². The first-order chi connectivity index (χ1) is 7.75. The molecule has 2 N–H and O–H groups in total. The molecule has 1 aliphatic carbocycles. The lowest BCUT2D eigenvalue weighted by Crippen LogP contribution is -2.56. The van der Waals surface area contributed by atoms with Crippen LogP contribution in [0.5, 0.6) is 0 Å². The van der Waals surface area contributed by atoms with Crippen LogP contribution in [-0.2, 0) is 4.79 Å². The fourth-order valence-electron chi connectivity index (χ4n) is 2.32. The van der Waals surface area contributed by atoms with Crippen LogP contribution >= 0.6 is 0 Å². The summed E-state index contributed by atoms with van der Waals surface area (Å²) in [6.45, 7) is 12.1. The summed E-state index contributed by atoms with van der Waals surface area (Å²) >= 11 is 0. The van der Waals surface area contributed by atoms with Gasteiger partial charge in [0.25, 0.3) is 0 Å². The highest BCUT2D eigenvalue weighted by Gasteiger charge is 2.45. The van der Waals surface area contributed by atoms with E-state index < -0.39 is 5.54 Å². The molecular formula is C14H28N2O. The van der Waals surface area contributed by atoms with Crippen LogP contribution in [0.3, 0.4) is 0 Å². The van der Waals surface area contributed by atoms with Crippen molar-refractivity contribution in [2.24, 2.45) is 23.5 Å². The zero-order valence-corrected chi connectivity index (χ0v) is 12.0. The highest BCUT2D eigenvalue weighted by molar-refractivity contribution is 5.86. The van der Waals surface area contributed by atoms with Gasteiger partial charge < -0.3 is 10.6 Å². The molecule has 3 heteroatoms. The lowest BCUT2D eigenvalue weighted by Gasteiger charge is -2.34. The molecule has 0 heterocycles. The number of nitrogens with zero attached hydrogens (tertiary/aromatic N) is 1. The van der Waals surface area contributed by atoms with Gasteiger partial charge in [0.2, 0.25) is 5.91 Å². The Morgan fingerprint density at radius 2 is 1.65 bits per heavy atom. The molecule has 1 fully saturated rings. The van der Waals surface area contributed by atoms with E-state index in [4.69, 9.17) is 5.73 Å². The second-order valence-corrected chi connectivity index (χ2v) is 6.55. The van der Waals surface area contributed by atoms with Crippen molar-refractivity contribution < 1.29 is 4.79 Å². The van der Waals surface area contributed by atoms with Gasteiger partial charge in [-0.05, 0) is 37.5 Å². The van der Waals surface area contributed by atoms with Crippen LogP contribution < -0.4 is 5.73 Å². The number of hydrogen-bond donors (Lipinski definition) is 1. The summed E-state index contributed by atoms with van der Waals surface area (Å²) in [5.74, 6) is 1.53. The minimum atomic E-state index is -0.649. The fourth-order valence-corrected chi connectivity index (χ4v) is 2.32. The first kappa shape index (κ1) is 14.5. The first-order valence-corrected chi connectivity index (χ1v) is 6.83. The minimum absolute atomic E-state index is 0.141. The van der Waals surface area contributed by atoms with Gasteiger partial charge in [-0.1, -0.05) is 27.7 Å². The molecule has 0 radical (unpaired) electrons. The molecule has 0 spiro atoms. The number of rotatable bonds is 6. The molecule has 3 nitrogen and oxygen atoms in total. The molecular weight excluding hydrogens is 212 g/mol. The van der Waals surface area contributed by atoms with Gasteiger partial charge in [0.05, 0.1) is 5.54 Å². The third kappa shape index (κ3) is 3.98. The van der Waals surface area contributed by atoms with Crippen molar-refractivity contribution in [3.8, 4) is 0 Å². The largest absolute Gasteiger partial charge is 0.341 e. The summed E-state index contributed by atoms with van der Waals surface area (Å²) in [6.07, 6.45) is 2.21. The number of hydrogen-bond acceptors (Lipinski definition) is 2. The van der Waals surface area contributed by atoms with E-state index in [1.807, 2.05) is 11.8 Å². The smallest absolute Gasteiger partial charge is 0.242 e. The lowest BCUT2D eigenvalue weighted by molar-refractivity contribution is -0.138. The second kappa shape index (κ2) is 5.38. The van der Waals surface area contributed by atoms with Gasteiger partial charge in [-0.2, -0.15) is 0 Å². The summed E-state index contributed by atoms with van der Waals surface area (Å²) in [5.41, 5.74) is 5.58. The predicted octanol–water partition coefficient (Wildman–Crippen LogP) is 2.25. The Balaban J connectivity index is 2.70. The summed E-state index contributed by atoms with van der Waals surface area (Å²) in [4.78, 5) is 14.5. The standard InChI is InChI=1S/C14H28N2O/c1-10(2)8-16(9-11(3)4)13(17)14(5,15)12-6-7-12/h10-12H,6-9,15H2,1-5H3. The third-order valence-corrected chi connectivity index (χ3v) is 3.34.